The summed E-state index contributed by atoms with van der Waals surface area (Å²) >= 11 is 0. The fourth-order valence-corrected chi connectivity index (χ4v) is 2.54. The first-order chi connectivity index (χ1) is 11.5. The summed E-state index contributed by atoms with van der Waals surface area (Å²) in [4.78, 5) is 22.9. The molecular formula is C20H23NO3. The summed E-state index contributed by atoms with van der Waals surface area (Å²) in [6.45, 7) is 2.07. The van der Waals surface area contributed by atoms with E-state index < -0.39 is 5.97 Å². The number of aliphatic carboxylic acids is 1. The Morgan fingerprint density at radius 1 is 1.00 bits per heavy atom. The Morgan fingerprint density at radius 2 is 1.71 bits per heavy atom. The molecule has 0 spiro atoms. The molecule has 0 atom stereocenters. The smallest absolute Gasteiger partial charge is 0.307 e. The lowest BCUT2D eigenvalue weighted by Crippen LogP contribution is -2.14. The highest BCUT2D eigenvalue weighted by Gasteiger charge is 2.09. The van der Waals surface area contributed by atoms with E-state index in [0.29, 0.717) is 17.7 Å². The number of rotatable bonds is 8. The van der Waals surface area contributed by atoms with Gasteiger partial charge >= 0.3 is 5.97 Å². The maximum atomic E-state index is 12.0. The van der Waals surface area contributed by atoms with Gasteiger partial charge in [-0.15, -0.1) is 0 Å². The molecule has 0 aliphatic rings. The first-order valence-corrected chi connectivity index (χ1v) is 8.19. The van der Waals surface area contributed by atoms with Crippen molar-refractivity contribution in [2.24, 2.45) is 0 Å². The van der Waals surface area contributed by atoms with Crippen molar-refractivity contribution in [3.05, 3.63) is 65.2 Å². The van der Waals surface area contributed by atoms with Gasteiger partial charge in [0.25, 0.3) is 0 Å². The highest BCUT2D eigenvalue weighted by molar-refractivity contribution is 5.92. The van der Waals surface area contributed by atoms with Crippen molar-refractivity contribution < 1.29 is 14.7 Å². The predicted octanol–water partition coefficient (Wildman–Crippen LogP) is 3.97. The minimum Gasteiger partial charge on any atom is -0.481 e. The number of carbonyl (C=O) groups excluding carboxylic acids is 1. The van der Waals surface area contributed by atoms with Gasteiger partial charge in [-0.2, -0.15) is 0 Å². The van der Waals surface area contributed by atoms with Gasteiger partial charge in [-0.1, -0.05) is 48.0 Å². The maximum Gasteiger partial charge on any atom is 0.307 e. The van der Waals surface area contributed by atoms with Crippen LogP contribution in [0.15, 0.2) is 48.5 Å². The molecule has 4 nitrogen and oxygen atoms in total. The molecule has 0 aromatic heterocycles. The van der Waals surface area contributed by atoms with Crippen LogP contribution < -0.4 is 5.32 Å². The van der Waals surface area contributed by atoms with Gasteiger partial charge in [-0.25, -0.2) is 0 Å². The summed E-state index contributed by atoms with van der Waals surface area (Å²) in [6, 6.07) is 15.5. The molecule has 0 heterocycles. The first-order valence-electron chi connectivity index (χ1n) is 8.19. The molecule has 2 aromatic carbocycles. The molecule has 0 radical (unpaired) electrons. The van der Waals surface area contributed by atoms with Crippen molar-refractivity contribution >= 4 is 17.6 Å². The summed E-state index contributed by atoms with van der Waals surface area (Å²) in [5.74, 6) is -0.980. The molecule has 126 valence electrons. The van der Waals surface area contributed by atoms with Gasteiger partial charge in [0.1, 0.15) is 0 Å². The number of amides is 1. The van der Waals surface area contributed by atoms with Crippen LogP contribution in [0.25, 0.3) is 0 Å². The average Bonchev–Trinajstić information content (AvgIpc) is 2.55. The van der Waals surface area contributed by atoms with E-state index in [-0.39, 0.29) is 12.3 Å². The van der Waals surface area contributed by atoms with Crippen LogP contribution in [0.5, 0.6) is 0 Å². The molecule has 0 bridgehead atoms. The lowest BCUT2D eigenvalue weighted by atomic mass is 10.1. The lowest BCUT2D eigenvalue weighted by Gasteiger charge is -2.09. The maximum absolute atomic E-state index is 12.0. The van der Waals surface area contributed by atoms with Crippen molar-refractivity contribution in [3.63, 3.8) is 0 Å². The van der Waals surface area contributed by atoms with Crippen LogP contribution in [0.4, 0.5) is 5.69 Å². The third-order valence-corrected chi connectivity index (χ3v) is 3.87. The zero-order valence-corrected chi connectivity index (χ0v) is 13.9. The van der Waals surface area contributed by atoms with E-state index in [1.165, 1.54) is 11.1 Å². The number of hydrogen-bond donors (Lipinski definition) is 2. The molecule has 0 aliphatic carbocycles. The van der Waals surface area contributed by atoms with E-state index >= 15 is 0 Å². The Hall–Kier alpha value is -2.62. The number of carbonyl (C=O) groups is 2. The lowest BCUT2D eigenvalue weighted by molar-refractivity contribution is -0.136. The Kier molecular flexibility index (Phi) is 6.55. The molecule has 0 unspecified atom stereocenters. The van der Waals surface area contributed by atoms with Gasteiger partial charge in [-0.05, 0) is 43.4 Å². The Bertz CT molecular complexity index is 692. The summed E-state index contributed by atoms with van der Waals surface area (Å²) in [5, 5.41) is 11.7. The second-order valence-corrected chi connectivity index (χ2v) is 5.97. The topological polar surface area (TPSA) is 66.4 Å². The quantitative estimate of drug-likeness (QED) is 0.722. The number of nitrogens with one attached hydrogen (secondary N) is 1. The van der Waals surface area contributed by atoms with Crippen LogP contribution >= 0.6 is 0 Å². The highest BCUT2D eigenvalue weighted by Crippen LogP contribution is 2.16. The number of carboxylic acid groups (broad SMARTS) is 1. The van der Waals surface area contributed by atoms with Gasteiger partial charge in [0.05, 0.1) is 6.42 Å². The highest BCUT2D eigenvalue weighted by atomic mass is 16.4. The summed E-state index contributed by atoms with van der Waals surface area (Å²) < 4.78 is 0. The summed E-state index contributed by atoms with van der Waals surface area (Å²) in [5.41, 5.74) is 3.74. The number of anilines is 1. The average molecular weight is 325 g/mol. The Morgan fingerprint density at radius 3 is 2.42 bits per heavy atom. The molecule has 0 fully saturated rings. The van der Waals surface area contributed by atoms with Gasteiger partial charge in [-0.3, -0.25) is 9.59 Å². The Balaban J connectivity index is 1.77. The van der Waals surface area contributed by atoms with Gasteiger partial charge in [0.15, 0.2) is 0 Å². The van der Waals surface area contributed by atoms with E-state index in [0.717, 1.165) is 19.3 Å². The van der Waals surface area contributed by atoms with Crippen molar-refractivity contribution in [3.8, 4) is 0 Å². The third kappa shape index (κ3) is 5.88. The van der Waals surface area contributed by atoms with E-state index in [1.54, 1.807) is 24.3 Å². The van der Waals surface area contributed by atoms with Crippen LogP contribution in [0.1, 0.15) is 36.0 Å². The monoisotopic (exact) mass is 325 g/mol. The second-order valence-electron chi connectivity index (χ2n) is 5.97. The predicted molar refractivity (Wildman–Crippen MR) is 95.1 cm³/mol. The molecule has 0 saturated heterocycles. The van der Waals surface area contributed by atoms with Crippen molar-refractivity contribution in [1.29, 1.82) is 0 Å². The minimum atomic E-state index is -0.908. The number of carboxylic acids is 1. The minimum absolute atomic E-state index is 0.0725. The summed E-state index contributed by atoms with van der Waals surface area (Å²) in [7, 11) is 0. The SMILES string of the molecule is Cc1ccc(CCCCC(=O)Nc2ccccc2CC(=O)O)cc1. The number of aryl methyl sites for hydroxylation is 2. The molecule has 2 N–H and O–H groups in total. The van der Waals surface area contributed by atoms with Crippen LogP contribution in [0, 0.1) is 6.92 Å². The fourth-order valence-electron chi connectivity index (χ4n) is 2.54. The van der Waals surface area contributed by atoms with E-state index in [2.05, 4.69) is 36.5 Å². The molecule has 0 aliphatic heterocycles. The largest absolute Gasteiger partial charge is 0.481 e. The normalized spacial score (nSPS) is 10.4. The van der Waals surface area contributed by atoms with Gasteiger partial charge in [0, 0.05) is 12.1 Å². The number of para-hydroxylation sites is 1. The van der Waals surface area contributed by atoms with Gasteiger partial charge < -0.3 is 10.4 Å². The zero-order chi connectivity index (χ0) is 17.4. The van der Waals surface area contributed by atoms with Crippen molar-refractivity contribution in [2.45, 2.75) is 39.0 Å². The van der Waals surface area contributed by atoms with Crippen LogP contribution in [-0.4, -0.2) is 17.0 Å². The molecule has 0 saturated carbocycles. The molecule has 4 heteroatoms. The number of benzene rings is 2. The first kappa shape index (κ1) is 17.7. The van der Waals surface area contributed by atoms with Crippen LogP contribution in [0.2, 0.25) is 0 Å². The molecule has 2 rings (SSSR count). The van der Waals surface area contributed by atoms with Gasteiger partial charge in [0.2, 0.25) is 5.91 Å². The number of hydrogen-bond acceptors (Lipinski definition) is 2. The molecule has 24 heavy (non-hydrogen) atoms. The van der Waals surface area contributed by atoms with E-state index in [1.807, 2.05) is 0 Å². The number of unbranched alkanes of at least 4 members (excludes halogenated alkanes) is 1. The molecular weight excluding hydrogens is 302 g/mol. The molecule has 1 amide bonds. The Labute approximate surface area is 142 Å². The van der Waals surface area contributed by atoms with Crippen LogP contribution in [-0.2, 0) is 22.4 Å². The fraction of sp³-hybridized carbons (Fsp3) is 0.300. The second kappa shape index (κ2) is 8.87. The zero-order valence-electron chi connectivity index (χ0n) is 13.9. The molecule has 2 aromatic rings. The standard InChI is InChI=1S/C20H23NO3/c1-15-10-12-16(13-11-15)6-2-5-9-19(22)21-18-8-4-3-7-17(18)14-20(23)24/h3-4,7-8,10-13H,2,5-6,9,14H2,1H3,(H,21,22)(H,23,24). The van der Waals surface area contributed by atoms with Crippen molar-refractivity contribution in [2.75, 3.05) is 5.32 Å². The van der Waals surface area contributed by atoms with Crippen molar-refractivity contribution in [1.82, 2.24) is 0 Å². The van der Waals surface area contributed by atoms with Crippen LogP contribution in [0.3, 0.4) is 0 Å². The van der Waals surface area contributed by atoms with E-state index in [9.17, 15) is 9.59 Å². The third-order valence-electron chi connectivity index (χ3n) is 3.87. The summed E-state index contributed by atoms with van der Waals surface area (Å²) in [6.07, 6.45) is 3.06. The van der Waals surface area contributed by atoms with E-state index in [4.69, 9.17) is 5.11 Å².